The summed E-state index contributed by atoms with van der Waals surface area (Å²) in [5.74, 6) is 0. The van der Waals surface area contributed by atoms with Gasteiger partial charge in [-0.1, -0.05) is 15.9 Å². The summed E-state index contributed by atoms with van der Waals surface area (Å²) in [6, 6.07) is 0.498. The average Bonchev–Trinajstić information content (AvgIpc) is 2.09. The minimum absolute atomic E-state index is 0.498. The molecule has 0 aromatic carbocycles. The topological polar surface area (TPSA) is 15.3 Å². The molecule has 1 N–H and O–H groups in total. The van der Waals surface area contributed by atoms with Crippen molar-refractivity contribution < 1.29 is 0 Å². The number of alkyl halides is 1. The molecule has 3 heteroatoms. The van der Waals surface area contributed by atoms with E-state index in [0.717, 1.165) is 5.33 Å². The summed E-state index contributed by atoms with van der Waals surface area (Å²) in [4.78, 5) is 0. The number of hydrazine groups is 1. The molecule has 1 heterocycles. The fourth-order valence-corrected chi connectivity index (χ4v) is 1.99. The number of allylic oxidation sites excluding steroid dienone is 1. The smallest absolute Gasteiger partial charge is 0.0461 e. The van der Waals surface area contributed by atoms with Gasteiger partial charge in [0.05, 0.1) is 0 Å². The molecule has 0 aromatic rings. The zero-order chi connectivity index (χ0) is 7.72. The van der Waals surface area contributed by atoms with Crippen LogP contribution in [0.25, 0.3) is 0 Å². The predicted octanol–water partition coefficient (Wildman–Crippen LogP) is 1.49. The van der Waals surface area contributed by atoms with Crippen LogP contribution in [0, 0.1) is 0 Å². The first-order valence-electron chi connectivity index (χ1n) is 3.42. The maximum absolute atomic E-state index is 3.44. The summed E-state index contributed by atoms with van der Waals surface area (Å²) in [6.07, 6.45) is 0. The minimum Gasteiger partial charge on any atom is -0.314 e. The van der Waals surface area contributed by atoms with E-state index < -0.39 is 0 Å². The fourth-order valence-electron chi connectivity index (χ4n) is 1.17. The second kappa shape index (κ2) is 2.93. The van der Waals surface area contributed by atoms with Crippen molar-refractivity contribution in [3.63, 3.8) is 0 Å². The van der Waals surface area contributed by atoms with Crippen molar-refractivity contribution in [3.8, 4) is 0 Å². The third-order valence-corrected chi connectivity index (χ3v) is 2.55. The number of hydrogen-bond donors (Lipinski definition) is 1. The van der Waals surface area contributed by atoms with Gasteiger partial charge in [-0.2, -0.15) is 0 Å². The second-order valence-electron chi connectivity index (χ2n) is 2.67. The standard InChI is InChI=1S/C7H13BrN2/c1-5-6(2)9-10(3)7(5)4-8/h6,9H,4H2,1-3H3. The van der Waals surface area contributed by atoms with Gasteiger partial charge in [0.2, 0.25) is 0 Å². The van der Waals surface area contributed by atoms with Crippen LogP contribution in [0.2, 0.25) is 0 Å². The molecule has 0 saturated heterocycles. The Kier molecular flexibility index (Phi) is 2.36. The molecule has 1 aliphatic rings. The molecule has 10 heavy (non-hydrogen) atoms. The van der Waals surface area contributed by atoms with E-state index >= 15 is 0 Å². The van der Waals surface area contributed by atoms with Crippen molar-refractivity contribution in [2.24, 2.45) is 0 Å². The molecule has 1 unspecified atom stereocenters. The zero-order valence-electron chi connectivity index (χ0n) is 6.61. The first-order valence-corrected chi connectivity index (χ1v) is 4.54. The largest absolute Gasteiger partial charge is 0.314 e. The molecule has 0 spiro atoms. The van der Waals surface area contributed by atoms with Gasteiger partial charge in [0.1, 0.15) is 0 Å². The van der Waals surface area contributed by atoms with Crippen molar-refractivity contribution in [3.05, 3.63) is 11.3 Å². The normalized spacial score (nSPS) is 26.4. The minimum atomic E-state index is 0.498. The van der Waals surface area contributed by atoms with E-state index in [2.05, 4.69) is 40.2 Å². The molecule has 0 fully saturated rings. The summed E-state index contributed by atoms with van der Waals surface area (Å²) in [5, 5.41) is 3.02. The highest BCUT2D eigenvalue weighted by atomic mass is 79.9. The first kappa shape index (κ1) is 8.08. The SMILES string of the molecule is CC1=C(CBr)N(C)NC1C. The lowest BCUT2D eigenvalue weighted by atomic mass is 10.1. The lowest BCUT2D eigenvalue weighted by molar-refractivity contribution is 0.317. The van der Waals surface area contributed by atoms with Crippen molar-refractivity contribution in [2.75, 3.05) is 12.4 Å². The van der Waals surface area contributed by atoms with Crippen molar-refractivity contribution in [1.82, 2.24) is 10.4 Å². The van der Waals surface area contributed by atoms with Crippen molar-refractivity contribution in [1.29, 1.82) is 0 Å². The Morgan fingerprint density at radius 1 is 1.70 bits per heavy atom. The summed E-state index contributed by atoms with van der Waals surface area (Å²) in [5.41, 5.74) is 6.08. The van der Waals surface area contributed by atoms with Crippen LogP contribution in [0.4, 0.5) is 0 Å². The highest BCUT2D eigenvalue weighted by Crippen LogP contribution is 2.19. The molecular formula is C7H13BrN2. The van der Waals surface area contributed by atoms with Crippen LogP contribution >= 0.6 is 15.9 Å². The molecule has 0 saturated carbocycles. The molecule has 58 valence electrons. The van der Waals surface area contributed by atoms with E-state index in [4.69, 9.17) is 0 Å². The van der Waals surface area contributed by atoms with E-state index in [1.165, 1.54) is 11.3 Å². The van der Waals surface area contributed by atoms with E-state index in [0.29, 0.717) is 6.04 Å². The van der Waals surface area contributed by atoms with Crippen molar-refractivity contribution in [2.45, 2.75) is 19.9 Å². The van der Waals surface area contributed by atoms with Gasteiger partial charge >= 0.3 is 0 Å². The van der Waals surface area contributed by atoms with Gasteiger partial charge < -0.3 is 5.01 Å². The molecule has 1 atom stereocenters. The van der Waals surface area contributed by atoms with E-state index in [1.807, 2.05) is 7.05 Å². The summed E-state index contributed by atoms with van der Waals surface area (Å²) in [6.45, 7) is 4.33. The Morgan fingerprint density at radius 3 is 2.50 bits per heavy atom. The van der Waals surface area contributed by atoms with Gasteiger partial charge in [0.25, 0.3) is 0 Å². The Hall–Kier alpha value is -0.0200. The van der Waals surface area contributed by atoms with Crippen LogP contribution in [0.5, 0.6) is 0 Å². The maximum Gasteiger partial charge on any atom is 0.0461 e. The third-order valence-electron chi connectivity index (χ3n) is 2.02. The Balaban J connectivity index is 2.79. The Bertz CT molecular complexity index is 165. The molecule has 1 rings (SSSR count). The van der Waals surface area contributed by atoms with E-state index in [1.54, 1.807) is 0 Å². The zero-order valence-corrected chi connectivity index (χ0v) is 8.20. The molecule has 0 amide bonds. The maximum atomic E-state index is 3.44. The van der Waals surface area contributed by atoms with Crippen LogP contribution in [0.1, 0.15) is 13.8 Å². The molecule has 0 aliphatic carbocycles. The quantitative estimate of drug-likeness (QED) is 0.652. The Morgan fingerprint density at radius 2 is 2.30 bits per heavy atom. The summed E-state index contributed by atoms with van der Waals surface area (Å²) in [7, 11) is 2.05. The van der Waals surface area contributed by atoms with Gasteiger partial charge in [-0.25, -0.2) is 5.43 Å². The van der Waals surface area contributed by atoms with Gasteiger partial charge in [-0.05, 0) is 19.4 Å². The van der Waals surface area contributed by atoms with E-state index in [-0.39, 0.29) is 0 Å². The number of nitrogens with one attached hydrogen (secondary N) is 1. The van der Waals surface area contributed by atoms with Crippen LogP contribution in [0.15, 0.2) is 11.3 Å². The number of rotatable bonds is 1. The Labute approximate surface area is 70.4 Å². The number of nitrogens with zero attached hydrogens (tertiary/aromatic N) is 1. The van der Waals surface area contributed by atoms with Crippen LogP contribution in [-0.4, -0.2) is 23.4 Å². The van der Waals surface area contributed by atoms with Gasteiger partial charge in [0, 0.05) is 24.1 Å². The van der Waals surface area contributed by atoms with Crippen LogP contribution in [0.3, 0.4) is 0 Å². The molecule has 2 nitrogen and oxygen atoms in total. The van der Waals surface area contributed by atoms with E-state index in [9.17, 15) is 0 Å². The summed E-state index contributed by atoms with van der Waals surface area (Å²) >= 11 is 3.44. The lowest BCUT2D eigenvalue weighted by Crippen LogP contribution is -2.32. The third kappa shape index (κ3) is 1.20. The number of hydrogen-bond acceptors (Lipinski definition) is 2. The lowest BCUT2D eigenvalue weighted by Gasteiger charge is -2.15. The van der Waals surface area contributed by atoms with Crippen LogP contribution < -0.4 is 5.43 Å². The predicted molar refractivity (Wildman–Crippen MR) is 46.9 cm³/mol. The molecule has 1 aliphatic heterocycles. The molecular weight excluding hydrogens is 192 g/mol. The van der Waals surface area contributed by atoms with Crippen molar-refractivity contribution >= 4 is 15.9 Å². The molecule has 0 bridgehead atoms. The second-order valence-corrected chi connectivity index (χ2v) is 3.23. The highest BCUT2D eigenvalue weighted by Gasteiger charge is 2.20. The highest BCUT2D eigenvalue weighted by molar-refractivity contribution is 9.09. The molecule has 0 aromatic heterocycles. The fraction of sp³-hybridized carbons (Fsp3) is 0.714. The first-order chi connectivity index (χ1) is 4.66. The monoisotopic (exact) mass is 204 g/mol. The summed E-state index contributed by atoms with van der Waals surface area (Å²) < 4.78 is 0. The van der Waals surface area contributed by atoms with Gasteiger partial charge in [0.15, 0.2) is 0 Å². The van der Waals surface area contributed by atoms with Crippen LogP contribution in [-0.2, 0) is 0 Å². The van der Waals surface area contributed by atoms with Gasteiger partial charge in [-0.3, -0.25) is 0 Å². The number of halogens is 1. The molecule has 0 radical (unpaired) electrons. The average molecular weight is 205 g/mol. The van der Waals surface area contributed by atoms with Gasteiger partial charge in [-0.15, -0.1) is 0 Å².